The summed E-state index contributed by atoms with van der Waals surface area (Å²) in [7, 11) is 4.27. The molecule has 0 fully saturated rings. The number of nitrogens with one attached hydrogen (secondary N) is 2. The Bertz CT molecular complexity index is 582. The molecule has 7 heteroatoms. The second kappa shape index (κ2) is 14.7. The van der Waals surface area contributed by atoms with Crippen molar-refractivity contribution in [1.82, 2.24) is 15.5 Å². The minimum atomic E-state index is 0. The van der Waals surface area contributed by atoms with Crippen LogP contribution in [0.25, 0.3) is 0 Å². The molecule has 2 rings (SSSR count). The quantitative estimate of drug-likeness (QED) is 0.197. The molecule has 0 atom stereocenters. The molecule has 6 nitrogen and oxygen atoms in total. The van der Waals surface area contributed by atoms with Gasteiger partial charge in [-0.05, 0) is 64.5 Å². The topological polar surface area (TPSA) is 58.1 Å². The van der Waals surface area contributed by atoms with Crippen LogP contribution in [0.2, 0.25) is 0 Å². The molecule has 2 N–H and O–H groups in total. The zero-order valence-corrected chi connectivity index (χ0v) is 20.0. The van der Waals surface area contributed by atoms with E-state index in [1.165, 1.54) is 37.8 Å². The lowest BCUT2D eigenvalue weighted by Crippen LogP contribution is -2.38. The van der Waals surface area contributed by atoms with Gasteiger partial charge in [0, 0.05) is 19.6 Å². The first-order chi connectivity index (χ1) is 13.2. The van der Waals surface area contributed by atoms with Crippen LogP contribution in [-0.2, 0) is 6.42 Å². The average molecular weight is 504 g/mol. The molecule has 0 amide bonds. The fourth-order valence-corrected chi connectivity index (χ4v) is 3.02. The van der Waals surface area contributed by atoms with Crippen molar-refractivity contribution in [3.05, 3.63) is 23.8 Å². The number of nitrogens with zero attached hydrogens (tertiary/aromatic N) is 2. The molecule has 1 heterocycles. The van der Waals surface area contributed by atoms with Crippen molar-refractivity contribution in [2.24, 2.45) is 4.99 Å². The number of aliphatic imine (C=N–C) groups is 1. The number of guanidine groups is 1. The van der Waals surface area contributed by atoms with Crippen molar-refractivity contribution in [1.29, 1.82) is 0 Å². The van der Waals surface area contributed by atoms with Gasteiger partial charge in [-0.25, -0.2) is 0 Å². The highest BCUT2D eigenvalue weighted by atomic mass is 127. The van der Waals surface area contributed by atoms with Crippen LogP contribution in [0.1, 0.15) is 44.6 Å². The number of ether oxygens (including phenoxy) is 2. The first-order valence-electron chi connectivity index (χ1n) is 10.2. The van der Waals surface area contributed by atoms with Gasteiger partial charge >= 0.3 is 0 Å². The molecule has 0 saturated carbocycles. The summed E-state index contributed by atoms with van der Waals surface area (Å²) < 4.78 is 10.8. The lowest BCUT2D eigenvalue weighted by Gasteiger charge is -2.11. The Hall–Kier alpha value is -1.22. The molecule has 0 saturated heterocycles. The number of benzene rings is 1. The van der Waals surface area contributed by atoms with E-state index in [0.717, 1.165) is 49.9 Å². The van der Waals surface area contributed by atoms with Crippen LogP contribution < -0.4 is 20.1 Å². The van der Waals surface area contributed by atoms with Gasteiger partial charge in [0.05, 0.1) is 0 Å². The molecular weight excluding hydrogens is 467 g/mol. The molecule has 28 heavy (non-hydrogen) atoms. The van der Waals surface area contributed by atoms with Crippen molar-refractivity contribution >= 4 is 29.9 Å². The predicted octanol–water partition coefficient (Wildman–Crippen LogP) is 3.64. The second-order valence-electron chi connectivity index (χ2n) is 7.20. The van der Waals surface area contributed by atoms with E-state index in [-0.39, 0.29) is 24.0 Å². The first kappa shape index (κ1) is 24.8. The molecule has 1 aliphatic heterocycles. The van der Waals surface area contributed by atoms with E-state index >= 15 is 0 Å². The van der Waals surface area contributed by atoms with Crippen molar-refractivity contribution in [3.63, 3.8) is 0 Å². The number of halogens is 1. The van der Waals surface area contributed by atoms with E-state index < -0.39 is 0 Å². The summed E-state index contributed by atoms with van der Waals surface area (Å²) in [5.74, 6) is 2.59. The van der Waals surface area contributed by atoms with Gasteiger partial charge in [-0.3, -0.25) is 4.99 Å². The average Bonchev–Trinajstić information content (AvgIpc) is 3.11. The van der Waals surface area contributed by atoms with Gasteiger partial charge in [0.2, 0.25) is 6.79 Å². The molecule has 0 bridgehead atoms. The number of unbranched alkanes of at least 4 members (excludes halogenated alkanes) is 4. The van der Waals surface area contributed by atoms with Crippen LogP contribution >= 0.6 is 24.0 Å². The second-order valence-corrected chi connectivity index (χ2v) is 7.20. The summed E-state index contributed by atoms with van der Waals surface area (Å²) in [6, 6.07) is 6.13. The van der Waals surface area contributed by atoms with Crippen molar-refractivity contribution in [2.45, 2.75) is 45.4 Å². The summed E-state index contributed by atoms with van der Waals surface area (Å²) >= 11 is 0. The fourth-order valence-electron chi connectivity index (χ4n) is 3.02. The summed E-state index contributed by atoms with van der Waals surface area (Å²) in [6.45, 7) is 6.21. The molecule has 0 spiro atoms. The SMILES string of the molecule is CCNC(=NCCCCCCCN(C)C)NCCc1ccc2c(c1)OCO2.I. The molecule has 1 aromatic carbocycles. The Morgan fingerprint density at radius 1 is 1.04 bits per heavy atom. The number of fused-ring (bicyclic) bond motifs is 1. The highest BCUT2D eigenvalue weighted by Gasteiger charge is 2.12. The first-order valence-corrected chi connectivity index (χ1v) is 10.2. The van der Waals surface area contributed by atoms with Gasteiger partial charge in [0.1, 0.15) is 0 Å². The lowest BCUT2D eigenvalue weighted by atomic mass is 10.1. The molecule has 0 radical (unpaired) electrons. The summed E-state index contributed by atoms with van der Waals surface area (Å²) in [4.78, 5) is 6.94. The third kappa shape index (κ3) is 9.82. The van der Waals surface area contributed by atoms with Gasteiger partial charge in [0.25, 0.3) is 0 Å². The molecular formula is C21H37IN4O2. The van der Waals surface area contributed by atoms with Gasteiger partial charge in [0.15, 0.2) is 17.5 Å². The molecule has 0 unspecified atom stereocenters. The molecule has 0 aliphatic carbocycles. The Kier molecular flexibility index (Phi) is 13.1. The van der Waals surface area contributed by atoms with Crippen LogP contribution in [-0.4, -0.2) is 57.9 Å². The monoisotopic (exact) mass is 504 g/mol. The zero-order chi connectivity index (χ0) is 19.3. The number of hydrogen-bond acceptors (Lipinski definition) is 4. The van der Waals surface area contributed by atoms with E-state index in [1.54, 1.807) is 0 Å². The van der Waals surface area contributed by atoms with E-state index in [1.807, 2.05) is 6.07 Å². The standard InChI is InChI=1S/C21H36N4O2.HI/c1-4-22-21(23-13-8-6-5-7-9-15-25(2)3)24-14-12-18-10-11-19-20(16-18)27-17-26-19;/h10-11,16H,4-9,12-15,17H2,1-3H3,(H2,22,23,24);1H. The van der Waals surface area contributed by atoms with E-state index in [0.29, 0.717) is 6.79 Å². The minimum Gasteiger partial charge on any atom is -0.454 e. The third-order valence-electron chi connectivity index (χ3n) is 4.52. The summed E-state index contributed by atoms with van der Waals surface area (Å²) in [5, 5.41) is 6.74. The van der Waals surface area contributed by atoms with Crippen molar-refractivity contribution in [3.8, 4) is 11.5 Å². The molecule has 0 aromatic heterocycles. The maximum Gasteiger partial charge on any atom is 0.231 e. The molecule has 1 aromatic rings. The van der Waals surface area contributed by atoms with Crippen molar-refractivity contribution < 1.29 is 9.47 Å². The Morgan fingerprint density at radius 3 is 2.57 bits per heavy atom. The molecule has 1 aliphatic rings. The number of hydrogen-bond donors (Lipinski definition) is 2. The van der Waals surface area contributed by atoms with Gasteiger partial charge in [-0.2, -0.15) is 0 Å². The van der Waals surface area contributed by atoms with Gasteiger partial charge in [-0.15, -0.1) is 24.0 Å². The maximum atomic E-state index is 5.44. The maximum absolute atomic E-state index is 5.44. The fraction of sp³-hybridized carbons (Fsp3) is 0.667. The van der Waals surface area contributed by atoms with Crippen LogP contribution in [0.15, 0.2) is 23.2 Å². The van der Waals surface area contributed by atoms with Crippen LogP contribution in [0.5, 0.6) is 11.5 Å². The highest BCUT2D eigenvalue weighted by Crippen LogP contribution is 2.32. The summed E-state index contributed by atoms with van der Waals surface area (Å²) in [6.07, 6.45) is 7.24. The third-order valence-corrected chi connectivity index (χ3v) is 4.52. The van der Waals surface area contributed by atoms with Gasteiger partial charge < -0.3 is 25.0 Å². The van der Waals surface area contributed by atoms with Crippen LogP contribution in [0.3, 0.4) is 0 Å². The Morgan fingerprint density at radius 2 is 1.79 bits per heavy atom. The van der Waals surface area contributed by atoms with E-state index in [2.05, 4.69) is 48.7 Å². The normalized spacial score (nSPS) is 12.8. The summed E-state index contributed by atoms with van der Waals surface area (Å²) in [5.41, 5.74) is 1.24. The Balaban J connectivity index is 0.00000392. The zero-order valence-electron chi connectivity index (χ0n) is 17.6. The minimum absolute atomic E-state index is 0. The van der Waals surface area contributed by atoms with Gasteiger partial charge in [-0.1, -0.05) is 25.3 Å². The van der Waals surface area contributed by atoms with E-state index in [9.17, 15) is 0 Å². The van der Waals surface area contributed by atoms with E-state index in [4.69, 9.17) is 14.5 Å². The molecule has 160 valence electrons. The highest BCUT2D eigenvalue weighted by molar-refractivity contribution is 14.0. The number of rotatable bonds is 12. The van der Waals surface area contributed by atoms with Crippen LogP contribution in [0.4, 0.5) is 0 Å². The largest absolute Gasteiger partial charge is 0.454 e. The lowest BCUT2D eigenvalue weighted by molar-refractivity contribution is 0.174. The predicted molar refractivity (Wildman–Crippen MR) is 127 cm³/mol. The van der Waals surface area contributed by atoms with Crippen LogP contribution in [0, 0.1) is 0 Å². The Labute approximate surface area is 187 Å². The smallest absolute Gasteiger partial charge is 0.231 e. The van der Waals surface area contributed by atoms with Crippen molar-refractivity contribution in [2.75, 3.05) is 47.1 Å².